The third-order valence-corrected chi connectivity index (χ3v) is 5.07. The minimum atomic E-state index is 0.288. The molecule has 1 saturated carbocycles. The van der Waals surface area contributed by atoms with Crippen LogP contribution in [0.25, 0.3) is 10.2 Å². The minimum Gasteiger partial charge on any atom is -0.330 e. The molecule has 1 aromatic carbocycles. The van der Waals surface area contributed by atoms with Crippen molar-refractivity contribution in [2.75, 3.05) is 6.54 Å². The standard InChI is InChI=1S/C14H18N2S/c1-9(2)13-16-11-4-3-10(7-12(11)17-13)14(8-15)5-6-14/h3-4,7,9H,5-6,8,15H2,1-2H3. The second kappa shape index (κ2) is 3.79. The summed E-state index contributed by atoms with van der Waals surface area (Å²) in [6, 6.07) is 6.67. The van der Waals surface area contributed by atoms with E-state index >= 15 is 0 Å². The number of rotatable bonds is 3. The zero-order valence-corrected chi connectivity index (χ0v) is 11.2. The minimum absolute atomic E-state index is 0.288. The highest BCUT2D eigenvalue weighted by atomic mass is 32.1. The van der Waals surface area contributed by atoms with Gasteiger partial charge in [-0.05, 0) is 30.5 Å². The van der Waals surface area contributed by atoms with Crippen LogP contribution in [0.1, 0.15) is 43.2 Å². The first-order chi connectivity index (χ1) is 8.14. The zero-order chi connectivity index (χ0) is 12.0. The Kier molecular flexibility index (Phi) is 2.49. The Morgan fingerprint density at radius 2 is 2.18 bits per heavy atom. The first-order valence-corrected chi connectivity index (χ1v) is 7.07. The van der Waals surface area contributed by atoms with Crippen LogP contribution in [0.4, 0.5) is 0 Å². The molecule has 1 aliphatic carbocycles. The maximum Gasteiger partial charge on any atom is 0.0963 e. The van der Waals surface area contributed by atoms with E-state index in [0.717, 1.165) is 12.1 Å². The van der Waals surface area contributed by atoms with Crippen LogP contribution >= 0.6 is 11.3 Å². The number of aromatic nitrogens is 1. The van der Waals surface area contributed by atoms with E-state index in [-0.39, 0.29) is 5.41 Å². The molecule has 90 valence electrons. The number of fused-ring (bicyclic) bond motifs is 1. The molecule has 3 heteroatoms. The van der Waals surface area contributed by atoms with E-state index in [9.17, 15) is 0 Å². The van der Waals surface area contributed by atoms with Crippen molar-refractivity contribution in [3.8, 4) is 0 Å². The highest BCUT2D eigenvalue weighted by Gasteiger charge is 2.42. The Morgan fingerprint density at radius 3 is 2.76 bits per heavy atom. The van der Waals surface area contributed by atoms with Crippen LogP contribution in [-0.2, 0) is 5.41 Å². The van der Waals surface area contributed by atoms with Gasteiger partial charge in [0.15, 0.2) is 0 Å². The molecule has 1 aliphatic rings. The fourth-order valence-corrected chi connectivity index (χ4v) is 3.29. The van der Waals surface area contributed by atoms with Crippen molar-refractivity contribution in [3.05, 3.63) is 28.8 Å². The average Bonchev–Trinajstić information content (AvgIpc) is 3.00. The van der Waals surface area contributed by atoms with Crippen LogP contribution in [0.5, 0.6) is 0 Å². The Bertz CT molecular complexity index is 552. The van der Waals surface area contributed by atoms with Crippen molar-refractivity contribution in [3.63, 3.8) is 0 Å². The van der Waals surface area contributed by atoms with E-state index in [0.29, 0.717) is 5.92 Å². The highest BCUT2D eigenvalue weighted by molar-refractivity contribution is 7.18. The van der Waals surface area contributed by atoms with E-state index in [2.05, 4.69) is 37.0 Å². The quantitative estimate of drug-likeness (QED) is 0.901. The number of thiazole rings is 1. The topological polar surface area (TPSA) is 38.9 Å². The molecule has 17 heavy (non-hydrogen) atoms. The van der Waals surface area contributed by atoms with Crippen LogP contribution in [0.2, 0.25) is 0 Å². The predicted octanol–water partition coefficient (Wildman–Crippen LogP) is 3.41. The predicted molar refractivity (Wildman–Crippen MR) is 73.7 cm³/mol. The van der Waals surface area contributed by atoms with Gasteiger partial charge in [-0.2, -0.15) is 0 Å². The molecule has 1 heterocycles. The molecule has 1 aromatic heterocycles. The second-order valence-corrected chi connectivity index (χ2v) is 6.44. The number of hydrogen-bond acceptors (Lipinski definition) is 3. The Labute approximate surface area is 106 Å². The molecule has 0 spiro atoms. The van der Waals surface area contributed by atoms with Gasteiger partial charge in [-0.1, -0.05) is 19.9 Å². The molecule has 0 unspecified atom stereocenters. The van der Waals surface area contributed by atoms with E-state index in [1.54, 1.807) is 0 Å². The average molecular weight is 246 g/mol. The van der Waals surface area contributed by atoms with Gasteiger partial charge in [0.2, 0.25) is 0 Å². The lowest BCUT2D eigenvalue weighted by atomic mass is 9.96. The number of benzene rings is 1. The van der Waals surface area contributed by atoms with Gasteiger partial charge in [-0.25, -0.2) is 4.98 Å². The summed E-state index contributed by atoms with van der Waals surface area (Å²) in [5.41, 5.74) is 8.72. The molecule has 0 atom stereocenters. The van der Waals surface area contributed by atoms with Crippen molar-refractivity contribution in [1.29, 1.82) is 0 Å². The normalized spacial score (nSPS) is 17.9. The summed E-state index contributed by atoms with van der Waals surface area (Å²) >= 11 is 1.82. The summed E-state index contributed by atoms with van der Waals surface area (Å²) in [5, 5.41) is 1.23. The van der Waals surface area contributed by atoms with Gasteiger partial charge >= 0.3 is 0 Å². The van der Waals surface area contributed by atoms with Crippen LogP contribution in [0.3, 0.4) is 0 Å². The van der Waals surface area contributed by atoms with E-state index in [1.165, 1.54) is 28.1 Å². The molecule has 0 saturated heterocycles. The van der Waals surface area contributed by atoms with Gasteiger partial charge in [0.05, 0.1) is 15.2 Å². The lowest BCUT2D eigenvalue weighted by Crippen LogP contribution is -2.19. The van der Waals surface area contributed by atoms with Crippen LogP contribution < -0.4 is 5.73 Å². The van der Waals surface area contributed by atoms with Crippen LogP contribution in [0.15, 0.2) is 18.2 Å². The molecule has 3 rings (SSSR count). The van der Waals surface area contributed by atoms with E-state index in [4.69, 9.17) is 5.73 Å². The van der Waals surface area contributed by atoms with Gasteiger partial charge in [0.1, 0.15) is 0 Å². The molecule has 2 nitrogen and oxygen atoms in total. The van der Waals surface area contributed by atoms with Crippen molar-refractivity contribution >= 4 is 21.6 Å². The first kappa shape index (κ1) is 11.2. The Balaban J connectivity index is 2.07. The first-order valence-electron chi connectivity index (χ1n) is 6.26. The smallest absolute Gasteiger partial charge is 0.0963 e. The lowest BCUT2D eigenvalue weighted by molar-refractivity contribution is 0.706. The lowest BCUT2D eigenvalue weighted by Gasteiger charge is -2.11. The summed E-state index contributed by atoms with van der Waals surface area (Å²) in [7, 11) is 0. The maximum absolute atomic E-state index is 5.89. The molecule has 0 bridgehead atoms. The summed E-state index contributed by atoms with van der Waals surface area (Å²) in [4.78, 5) is 4.67. The molecule has 0 aliphatic heterocycles. The van der Waals surface area contributed by atoms with Crippen molar-refractivity contribution in [2.24, 2.45) is 5.73 Å². The van der Waals surface area contributed by atoms with Crippen molar-refractivity contribution < 1.29 is 0 Å². The Hall–Kier alpha value is -0.930. The molecular formula is C14H18N2S. The third-order valence-electron chi connectivity index (χ3n) is 3.76. The maximum atomic E-state index is 5.89. The molecule has 1 fully saturated rings. The SMILES string of the molecule is CC(C)c1nc2ccc(C3(CN)CC3)cc2s1. The van der Waals surface area contributed by atoms with E-state index < -0.39 is 0 Å². The zero-order valence-electron chi connectivity index (χ0n) is 10.4. The van der Waals surface area contributed by atoms with Gasteiger partial charge in [0.25, 0.3) is 0 Å². The highest BCUT2D eigenvalue weighted by Crippen LogP contribution is 2.48. The summed E-state index contributed by atoms with van der Waals surface area (Å²) in [6.45, 7) is 5.16. The molecule has 0 radical (unpaired) electrons. The van der Waals surface area contributed by atoms with Gasteiger partial charge in [-0.15, -0.1) is 11.3 Å². The summed E-state index contributed by atoms with van der Waals surface area (Å²) in [5.74, 6) is 0.514. The van der Waals surface area contributed by atoms with Crippen LogP contribution in [0, 0.1) is 0 Å². The molecule has 2 N–H and O–H groups in total. The number of nitrogens with two attached hydrogens (primary N) is 1. The van der Waals surface area contributed by atoms with Crippen molar-refractivity contribution in [2.45, 2.75) is 38.0 Å². The fraction of sp³-hybridized carbons (Fsp3) is 0.500. The van der Waals surface area contributed by atoms with Crippen LogP contribution in [-0.4, -0.2) is 11.5 Å². The Morgan fingerprint density at radius 1 is 1.41 bits per heavy atom. The monoisotopic (exact) mass is 246 g/mol. The van der Waals surface area contributed by atoms with Gasteiger partial charge in [-0.3, -0.25) is 0 Å². The number of hydrogen-bond donors (Lipinski definition) is 1. The van der Waals surface area contributed by atoms with Crippen molar-refractivity contribution in [1.82, 2.24) is 4.98 Å². The summed E-state index contributed by atoms with van der Waals surface area (Å²) < 4.78 is 1.31. The number of nitrogens with zero attached hydrogens (tertiary/aromatic N) is 1. The second-order valence-electron chi connectivity index (χ2n) is 5.37. The van der Waals surface area contributed by atoms with Gasteiger partial charge in [0, 0.05) is 17.9 Å². The molecule has 0 amide bonds. The molecular weight excluding hydrogens is 228 g/mol. The van der Waals surface area contributed by atoms with Gasteiger partial charge < -0.3 is 5.73 Å². The third kappa shape index (κ3) is 1.78. The largest absolute Gasteiger partial charge is 0.330 e. The van der Waals surface area contributed by atoms with E-state index in [1.807, 2.05) is 11.3 Å². The summed E-state index contributed by atoms with van der Waals surface area (Å²) in [6.07, 6.45) is 2.48. The fourth-order valence-electron chi connectivity index (χ4n) is 2.28. The molecule has 2 aromatic rings.